The summed E-state index contributed by atoms with van der Waals surface area (Å²) in [4.78, 5) is 31.9. The van der Waals surface area contributed by atoms with Gasteiger partial charge in [0.15, 0.2) is 0 Å². The third-order valence-electron chi connectivity index (χ3n) is 5.54. The number of hydrogen-bond donors (Lipinski definition) is 2. The van der Waals surface area contributed by atoms with Gasteiger partial charge in [-0.1, -0.05) is 0 Å². The number of anilines is 1. The monoisotopic (exact) mass is 354 g/mol. The third kappa shape index (κ3) is 3.41. The van der Waals surface area contributed by atoms with Gasteiger partial charge in [0.05, 0.1) is 0 Å². The number of aryl methyl sites for hydroxylation is 1. The van der Waals surface area contributed by atoms with Crippen LogP contribution >= 0.6 is 0 Å². The highest BCUT2D eigenvalue weighted by Crippen LogP contribution is 2.23. The van der Waals surface area contributed by atoms with Crippen molar-refractivity contribution in [2.75, 3.05) is 25.0 Å². The molecule has 0 saturated carbocycles. The molecule has 1 unspecified atom stereocenters. The molecular weight excluding hydrogens is 328 g/mol. The number of carbonyl (C=O) groups is 2. The van der Waals surface area contributed by atoms with E-state index in [1.807, 2.05) is 34.9 Å². The summed E-state index contributed by atoms with van der Waals surface area (Å²) in [5, 5.41) is 4.13. The van der Waals surface area contributed by atoms with E-state index < -0.39 is 0 Å². The number of aromatic nitrogens is 1. The van der Waals surface area contributed by atoms with Crippen molar-refractivity contribution in [2.45, 2.75) is 45.1 Å². The number of rotatable bonds is 2. The van der Waals surface area contributed by atoms with Crippen LogP contribution in [0.15, 0.2) is 24.3 Å². The number of amides is 3. The van der Waals surface area contributed by atoms with E-state index in [4.69, 9.17) is 0 Å². The summed E-state index contributed by atoms with van der Waals surface area (Å²) in [5.41, 5.74) is 3.00. The van der Waals surface area contributed by atoms with Gasteiger partial charge in [0, 0.05) is 54.4 Å². The number of carbonyl (C=O) groups excluding carboxylic acids is 2. The zero-order valence-corrected chi connectivity index (χ0v) is 15.3. The number of H-pyrrole nitrogens is 1. The van der Waals surface area contributed by atoms with Gasteiger partial charge in [0.1, 0.15) is 0 Å². The van der Waals surface area contributed by atoms with Crippen LogP contribution in [-0.4, -0.2) is 52.4 Å². The third-order valence-corrected chi connectivity index (χ3v) is 5.54. The summed E-state index contributed by atoms with van der Waals surface area (Å²) in [6.07, 6.45) is 4.46. The standard InChI is InChI=1S/C20H26N4O2/c1-14-12-15-13-16(6-7-18(15)21-14)22-20(26)23-9-2-4-17(8-11-23)24-10-3-5-19(24)25/h6-7,12-13,17,21H,2-5,8-11H2,1H3,(H,22,26). The van der Waals surface area contributed by atoms with Gasteiger partial charge in [-0.05, 0) is 56.9 Å². The van der Waals surface area contributed by atoms with Crippen LogP contribution in [0.25, 0.3) is 10.9 Å². The lowest BCUT2D eigenvalue weighted by Crippen LogP contribution is -2.38. The second-order valence-corrected chi connectivity index (χ2v) is 7.45. The summed E-state index contributed by atoms with van der Waals surface area (Å²) in [5.74, 6) is 0.281. The molecule has 2 aliphatic rings. The Morgan fingerprint density at radius 1 is 1.15 bits per heavy atom. The largest absolute Gasteiger partial charge is 0.359 e. The highest BCUT2D eigenvalue weighted by molar-refractivity contribution is 5.93. The minimum absolute atomic E-state index is 0.0509. The zero-order chi connectivity index (χ0) is 18.1. The minimum atomic E-state index is -0.0509. The molecule has 0 radical (unpaired) electrons. The van der Waals surface area contributed by atoms with Gasteiger partial charge >= 0.3 is 6.03 Å². The first-order valence-corrected chi connectivity index (χ1v) is 9.55. The Bertz CT molecular complexity index is 828. The van der Waals surface area contributed by atoms with Crippen molar-refractivity contribution in [3.63, 3.8) is 0 Å². The van der Waals surface area contributed by atoms with Crippen LogP contribution in [0.5, 0.6) is 0 Å². The Morgan fingerprint density at radius 3 is 2.85 bits per heavy atom. The van der Waals surface area contributed by atoms with Gasteiger partial charge in [0.25, 0.3) is 0 Å². The zero-order valence-electron chi connectivity index (χ0n) is 15.3. The summed E-state index contributed by atoms with van der Waals surface area (Å²) in [7, 11) is 0. The molecule has 3 amide bonds. The SMILES string of the molecule is Cc1cc2cc(NC(=O)N3CCCC(N4CCCC4=O)CC3)ccc2[nH]1. The van der Waals surface area contributed by atoms with E-state index >= 15 is 0 Å². The molecule has 4 rings (SSSR count). The highest BCUT2D eigenvalue weighted by atomic mass is 16.2. The quantitative estimate of drug-likeness (QED) is 0.867. The molecule has 1 aromatic heterocycles. The van der Waals surface area contributed by atoms with Crippen molar-refractivity contribution in [2.24, 2.45) is 0 Å². The van der Waals surface area contributed by atoms with Crippen molar-refractivity contribution in [1.82, 2.24) is 14.8 Å². The Balaban J connectivity index is 1.38. The smallest absolute Gasteiger partial charge is 0.321 e. The number of benzene rings is 1. The number of nitrogens with zero attached hydrogens (tertiary/aromatic N) is 2. The Morgan fingerprint density at radius 2 is 2.04 bits per heavy atom. The maximum Gasteiger partial charge on any atom is 0.321 e. The first-order chi connectivity index (χ1) is 12.6. The first-order valence-electron chi connectivity index (χ1n) is 9.55. The number of hydrogen-bond acceptors (Lipinski definition) is 2. The lowest BCUT2D eigenvalue weighted by atomic mass is 10.1. The molecule has 2 fully saturated rings. The van der Waals surface area contributed by atoms with E-state index in [1.165, 1.54) is 0 Å². The van der Waals surface area contributed by atoms with Crippen LogP contribution in [0.3, 0.4) is 0 Å². The number of aromatic amines is 1. The summed E-state index contributed by atoms with van der Waals surface area (Å²) >= 11 is 0. The van der Waals surface area contributed by atoms with E-state index in [9.17, 15) is 9.59 Å². The molecule has 6 nitrogen and oxygen atoms in total. The molecule has 0 spiro atoms. The molecule has 2 saturated heterocycles. The molecule has 1 atom stereocenters. The maximum absolute atomic E-state index is 12.7. The van der Waals surface area contributed by atoms with E-state index in [-0.39, 0.29) is 11.9 Å². The van der Waals surface area contributed by atoms with Crippen LogP contribution in [-0.2, 0) is 4.79 Å². The molecule has 2 aromatic rings. The van der Waals surface area contributed by atoms with Crippen LogP contribution in [0, 0.1) is 6.92 Å². The van der Waals surface area contributed by atoms with E-state index in [0.29, 0.717) is 19.0 Å². The second kappa shape index (κ2) is 7.02. The van der Waals surface area contributed by atoms with Crippen molar-refractivity contribution in [3.8, 4) is 0 Å². The summed E-state index contributed by atoms with van der Waals surface area (Å²) < 4.78 is 0. The van der Waals surface area contributed by atoms with Gasteiger partial charge in [-0.3, -0.25) is 4.79 Å². The molecule has 26 heavy (non-hydrogen) atoms. The van der Waals surface area contributed by atoms with Gasteiger partial charge in [-0.2, -0.15) is 0 Å². The fourth-order valence-corrected chi connectivity index (χ4v) is 4.21. The van der Waals surface area contributed by atoms with Crippen LogP contribution in [0.2, 0.25) is 0 Å². The van der Waals surface area contributed by atoms with Gasteiger partial charge in [-0.25, -0.2) is 4.79 Å². The summed E-state index contributed by atoms with van der Waals surface area (Å²) in [6.45, 7) is 4.35. The number of fused-ring (bicyclic) bond motifs is 1. The molecule has 1 aromatic carbocycles. The van der Waals surface area contributed by atoms with Crippen molar-refractivity contribution in [3.05, 3.63) is 30.0 Å². The van der Waals surface area contributed by atoms with Gasteiger partial charge in [-0.15, -0.1) is 0 Å². The number of likely N-dealkylation sites (tertiary alicyclic amines) is 2. The molecule has 6 heteroatoms. The van der Waals surface area contributed by atoms with Gasteiger partial charge < -0.3 is 20.1 Å². The fourth-order valence-electron chi connectivity index (χ4n) is 4.21. The molecule has 3 heterocycles. The average Bonchev–Trinajstić information content (AvgIpc) is 3.10. The van der Waals surface area contributed by atoms with E-state index in [0.717, 1.165) is 61.1 Å². The fraction of sp³-hybridized carbons (Fsp3) is 0.500. The lowest BCUT2D eigenvalue weighted by Gasteiger charge is -2.27. The van der Waals surface area contributed by atoms with E-state index in [2.05, 4.69) is 16.4 Å². The normalized spacial score (nSPS) is 21.3. The molecule has 2 aliphatic heterocycles. The van der Waals surface area contributed by atoms with Crippen molar-refractivity contribution >= 4 is 28.5 Å². The molecule has 0 bridgehead atoms. The number of urea groups is 1. The Hall–Kier alpha value is -2.50. The van der Waals surface area contributed by atoms with Gasteiger partial charge in [0.2, 0.25) is 5.91 Å². The van der Waals surface area contributed by atoms with Crippen LogP contribution in [0.4, 0.5) is 10.5 Å². The van der Waals surface area contributed by atoms with Crippen LogP contribution in [0.1, 0.15) is 37.8 Å². The molecular formula is C20H26N4O2. The van der Waals surface area contributed by atoms with E-state index in [1.54, 1.807) is 0 Å². The topological polar surface area (TPSA) is 68.4 Å². The predicted molar refractivity (Wildman–Crippen MR) is 102 cm³/mol. The summed E-state index contributed by atoms with van der Waals surface area (Å²) in [6, 6.07) is 8.25. The second-order valence-electron chi connectivity index (χ2n) is 7.45. The minimum Gasteiger partial charge on any atom is -0.359 e. The van der Waals surface area contributed by atoms with Crippen LogP contribution < -0.4 is 5.32 Å². The Kier molecular flexibility index (Phi) is 4.57. The highest BCUT2D eigenvalue weighted by Gasteiger charge is 2.30. The van der Waals surface area contributed by atoms with Crippen molar-refractivity contribution < 1.29 is 9.59 Å². The predicted octanol–water partition coefficient (Wildman–Crippen LogP) is 3.49. The average molecular weight is 354 g/mol. The molecule has 0 aliphatic carbocycles. The van der Waals surface area contributed by atoms with Crippen molar-refractivity contribution in [1.29, 1.82) is 0 Å². The number of nitrogens with one attached hydrogen (secondary N) is 2. The molecule has 2 N–H and O–H groups in total. The maximum atomic E-state index is 12.7. The Labute approximate surface area is 153 Å². The molecule has 138 valence electrons. The first kappa shape index (κ1) is 16.9. The lowest BCUT2D eigenvalue weighted by molar-refractivity contribution is -0.129.